The van der Waals surface area contributed by atoms with Gasteiger partial charge >= 0.3 is 0 Å². The summed E-state index contributed by atoms with van der Waals surface area (Å²) >= 11 is 5.73. The molecular formula is C9H12ClN3O. The van der Waals surface area contributed by atoms with Crippen LogP contribution in [-0.2, 0) is 0 Å². The Labute approximate surface area is 87.2 Å². The summed E-state index contributed by atoms with van der Waals surface area (Å²) < 4.78 is 0. The number of rotatable bonds is 4. The van der Waals surface area contributed by atoms with Crippen LogP contribution < -0.4 is 16.8 Å². The highest BCUT2D eigenvalue weighted by Crippen LogP contribution is 2.19. The zero-order chi connectivity index (χ0) is 10.6. The number of hydrogen-bond acceptors (Lipinski definition) is 3. The number of hydrogen-bond donors (Lipinski definition) is 3. The first-order valence-corrected chi connectivity index (χ1v) is 4.56. The summed E-state index contributed by atoms with van der Waals surface area (Å²) in [5, 5.41) is 3.47. The van der Waals surface area contributed by atoms with Gasteiger partial charge in [0.25, 0.3) is 5.91 Å². The van der Waals surface area contributed by atoms with Crippen molar-refractivity contribution in [1.82, 2.24) is 0 Å². The molecule has 0 aliphatic rings. The molecule has 0 saturated heterocycles. The lowest BCUT2D eigenvalue weighted by Gasteiger charge is -2.08. The summed E-state index contributed by atoms with van der Waals surface area (Å²) in [4.78, 5) is 11.0. The maximum atomic E-state index is 11.0. The summed E-state index contributed by atoms with van der Waals surface area (Å²) in [6.45, 7) is 1.07. The van der Waals surface area contributed by atoms with Crippen molar-refractivity contribution in [3.05, 3.63) is 28.8 Å². The first kappa shape index (κ1) is 10.8. The molecule has 0 aliphatic carbocycles. The Balaban J connectivity index is 2.96. The average molecular weight is 214 g/mol. The molecule has 0 atom stereocenters. The molecule has 1 aromatic carbocycles. The van der Waals surface area contributed by atoms with E-state index < -0.39 is 5.91 Å². The molecule has 5 N–H and O–H groups in total. The van der Waals surface area contributed by atoms with Gasteiger partial charge in [0.15, 0.2) is 0 Å². The minimum atomic E-state index is -0.507. The Bertz CT molecular complexity index is 341. The van der Waals surface area contributed by atoms with E-state index in [9.17, 15) is 4.79 Å². The van der Waals surface area contributed by atoms with Crippen LogP contribution in [0.1, 0.15) is 10.4 Å². The fourth-order valence-electron chi connectivity index (χ4n) is 1.08. The van der Waals surface area contributed by atoms with Crippen LogP contribution >= 0.6 is 11.6 Å². The van der Waals surface area contributed by atoms with Crippen molar-refractivity contribution in [3.63, 3.8) is 0 Å². The molecule has 0 spiro atoms. The van der Waals surface area contributed by atoms with Crippen LogP contribution in [0.25, 0.3) is 0 Å². The van der Waals surface area contributed by atoms with Gasteiger partial charge in [-0.3, -0.25) is 4.79 Å². The molecule has 0 aliphatic heterocycles. The molecule has 0 heterocycles. The number of amides is 1. The quantitative estimate of drug-likeness (QED) is 0.692. The maximum Gasteiger partial charge on any atom is 0.250 e. The number of nitrogens with one attached hydrogen (secondary N) is 1. The minimum Gasteiger partial charge on any atom is -0.383 e. The third-order valence-corrected chi connectivity index (χ3v) is 1.94. The zero-order valence-electron chi connectivity index (χ0n) is 7.59. The summed E-state index contributed by atoms with van der Waals surface area (Å²) in [6, 6.07) is 4.92. The second-order valence-electron chi connectivity index (χ2n) is 2.77. The van der Waals surface area contributed by atoms with E-state index in [0.29, 0.717) is 29.4 Å². The predicted molar refractivity (Wildman–Crippen MR) is 57.5 cm³/mol. The third-order valence-electron chi connectivity index (χ3n) is 1.71. The van der Waals surface area contributed by atoms with Gasteiger partial charge in [-0.05, 0) is 18.2 Å². The van der Waals surface area contributed by atoms with E-state index in [0.717, 1.165) is 0 Å². The molecule has 0 saturated carbocycles. The number of halogens is 1. The van der Waals surface area contributed by atoms with Gasteiger partial charge in [-0.1, -0.05) is 11.6 Å². The minimum absolute atomic E-state index is 0.381. The maximum absolute atomic E-state index is 11.0. The number of carbonyl (C=O) groups is 1. The van der Waals surface area contributed by atoms with Gasteiger partial charge in [0.05, 0.1) is 5.56 Å². The van der Waals surface area contributed by atoms with Crippen molar-refractivity contribution in [2.75, 3.05) is 18.4 Å². The SMILES string of the molecule is NCCNc1ccc(Cl)cc1C(N)=O. The predicted octanol–water partition coefficient (Wildman–Crippen LogP) is 0.809. The molecule has 0 unspecified atom stereocenters. The van der Waals surface area contributed by atoms with Crippen LogP contribution in [0, 0.1) is 0 Å². The standard InChI is InChI=1S/C9H12ClN3O/c10-6-1-2-8(13-4-3-11)7(5-6)9(12)14/h1-2,5,13H,3-4,11H2,(H2,12,14). The molecule has 1 rings (SSSR count). The molecule has 1 amide bonds. The molecule has 1 aromatic rings. The number of nitrogens with two attached hydrogens (primary N) is 2. The lowest BCUT2D eigenvalue weighted by molar-refractivity contribution is 0.100. The van der Waals surface area contributed by atoms with Gasteiger partial charge in [0, 0.05) is 23.8 Å². The molecule has 0 radical (unpaired) electrons. The highest BCUT2D eigenvalue weighted by Gasteiger charge is 2.07. The van der Waals surface area contributed by atoms with Crippen LogP contribution in [0.15, 0.2) is 18.2 Å². The normalized spacial score (nSPS) is 9.86. The molecule has 5 heteroatoms. The first-order chi connectivity index (χ1) is 6.65. The highest BCUT2D eigenvalue weighted by atomic mass is 35.5. The van der Waals surface area contributed by atoms with Crippen LogP contribution in [0.5, 0.6) is 0 Å². The Hall–Kier alpha value is -1.26. The van der Waals surface area contributed by atoms with Crippen LogP contribution in [0.4, 0.5) is 5.69 Å². The van der Waals surface area contributed by atoms with E-state index >= 15 is 0 Å². The second kappa shape index (κ2) is 4.83. The smallest absolute Gasteiger partial charge is 0.250 e. The fourth-order valence-corrected chi connectivity index (χ4v) is 1.25. The first-order valence-electron chi connectivity index (χ1n) is 4.18. The highest BCUT2D eigenvalue weighted by molar-refractivity contribution is 6.31. The van der Waals surface area contributed by atoms with Gasteiger partial charge in [-0.15, -0.1) is 0 Å². The third kappa shape index (κ3) is 2.61. The van der Waals surface area contributed by atoms with Gasteiger partial charge in [0.1, 0.15) is 0 Å². The Morgan fingerprint density at radius 1 is 1.50 bits per heavy atom. The largest absolute Gasteiger partial charge is 0.383 e. The van der Waals surface area contributed by atoms with Crippen LogP contribution in [0.3, 0.4) is 0 Å². The lowest BCUT2D eigenvalue weighted by atomic mass is 10.1. The van der Waals surface area contributed by atoms with Crippen molar-refractivity contribution in [2.45, 2.75) is 0 Å². The zero-order valence-corrected chi connectivity index (χ0v) is 8.34. The fraction of sp³-hybridized carbons (Fsp3) is 0.222. The number of anilines is 1. The van der Waals surface area contributed by atoms with Gasteiger partial charge in [-0.2, -0.15) is 0 Å². The number of carbonyl (C=O) groups excluding carboxylic acids is 1. The molecule has 0 bridgehead atoms. The topological polar surface area (TPSA) is 81.1 Å². The summed E-state index contributed by atoms with van der Waals surface area (Å²) in [5.74, 6) is -0.507. The van der Waals surface area contributed by atoms with Gasteiger partial charge in [0.2, 0.25) is 0 Å². The van der Waals surface area contributed by atoms with Crippen LogP contribution in [-0.4, -0.2) is 19.0 Å². The molecular weight excluding hydrogens is 202 g/mol. The summed E-state index contributed by atoms with van der Waals surface area (Å²) in [5.41, 5.74) is 11.6. The summed E-state index contributed by atoms with van der Waals surface area (Å²) in [7, 11) is 0. The molecule has 14 heavy (non-hydrogen) atoms. The monoisotopic (exact) mass is 213 g/mol. The summed E-state index contributed by atoms with van der Waals surface area (Å²) in [6.07, 6.45) is 0. The van der Waals surface area contributed by atoms with Crippen molar-refractivity contribution in [2.24, 2.45) is 11.5 Å². The number of primary amides is 1. The van der Waals surface area contributed by atoms with Gasteiger partial charge < -0.3 is 16.8 Å². The van der Waals surface area contributed by atoms with Gasteiger partial charge in [-0.25, -0.2) is 0 Å². The number of benzene rings is 1. The van der Waals surface area contributed by atoms with E-state index in [4.69, 9.17) is 23.1 Å². The second-order valence-corrected chi connectivity index (χ2v) is 3.21. The molecule has 0 fully saturated rings. The van der Waals surface area contributed by atoms with E-state index in [1.807, 2.05) is 0 Å². The van der Waals surface area contributed by atoms with Crippen molar-refractivity contribution in [3.8, 4) is 0 Å². The van der Waals surface area contributed by atoms with Crippen molar-refractivity contribution >= 4 is 23.2 Å². The Kier molecular flexibility index (Phi) is 3.73. The average Bonchev–Trinajstić information content (AvgIpc) is 2.15. The molecule has 4 nitrogen and oxygen atoms in total. The molecule has 76 valence electrons. The van der Waals surface area contributed by atoms with Crippen molar-refractivity contribution in [1.29, 1.82) is 0 Å². The van der Waals surface area contributed by atoms with E-state index in [1.165, 1.54) is 6.07 Å². The van der Waals surface area contributed by atoms with E-state index in [2.05, 4.69) is 5.32 Å². The Morgan fingerprint density at radius 2 is 2.21 bits per heavy atom. The van der Waals surface area contributed by atoms with Crippen molar-refractivity contribution < 1.29 is 4.79 Å². The lowest BCUT2D eigenvalue weighted by Crippen LogP contribution is -2.18. The molecule has 0 aromatic heterocycles. The van der Waals surface area contributed by atoms with E-state index in [-0.39, 0.29) is 0 Å². The van der Waals surface area contributed by atoms with E-state index in [1.54, 1.807) is 12.1 Å². The Morgan fingerprint density at radius 3 is 2.79 bits per heavy atom. The van der Waals surface area contributed by atoms with Crippen LogP contribution in [0.2, 0.25) is 5.02 Å².